The third-order valence-corrected chi connectivity index (χ3v) is 2.92. The van der Waals surface area contributed by atoms with E-state index in [2.05, 4.69) is 0 Å². The van der Waals surface area contributed by atoms with E-state index in [1.54, 1.807) is 14.0 Å². The monoisotopic (exact) mass is 393 g/mol. The number of amides is 1. The summed E-state index contributed by atoms with van der Waals surface area (Å²) in [5, 5.41) is 0. The summed E-state index contributed by atoms with van der Waals surface area (Å²) in [7, 11) is 1.67. The fourth-order valence-corrected chi connectivity index (χ4v) is 1.65. The van der Waals surface area contributed by atoms with Crippen molar-refractivity contribution in [2.75, 3.05) is 73.1 Å². The van der Waals surface area contributed by atoms with Crippen LogP contribution in [0.2, 0.25) is 0 Å². The molecule has 0 unspecified atom stereocenters. The van der Waals surface area contributed by atoms with Crippen molar-refractivity contribution >= 4 is 12.1 Å². The van der Waals surface area contributed by atoms with Crippen LogP contribution >= 0.6 is 0 Å². The van der Waals surface area contributed by atoms with Gasteiger partial charge < -0.3 is 33.3 Å². The van der Waals surface area contributed by atoms with E-state index in [0.717, 1.165) is 0 Å². The van der Waals surface area contributed by atoms with Crippen LogP contribution in [0.15, 0.2) is 0 Å². The van der Waals surface area contributed by atoms with Crippen molar-refractivity contribution in [2.45, 2.75) is 33.3 Å². The number of likely N-dealkylation sites (N-methyl/N-ethyl adjacent to an activating group) is 1. The second-order valence-corrected chi connectivity index (χ2v) is 6.60. The van der Waals surface area contributed by atoms with E-state index in [1.807, 2.05) is 20.8 Å². The van der Waals surface area contributed by atoms with Crippen molar-refractivity contribution in [2.24, 2.45) is 0 Å². The fraction of sp³-hybridized carbons (Fsp3) is 0.889. The molecule has 1 amide bonds. The summed E-state index contributed by atoms with van der Waals surface area (Å²) in [5.41, 5.74) is -0.505. The molecule has 0 aliphatic heterocycles. The van der Waals surface area contributed by atoms with E-state index in [4.69, 9.17) is 28.4 Å². The highest BCUT2D eigenvalue weighted by Crippen LogP contribution is 2.08. The molecule has 0 saturated carbocycles. The molecule has 0 aromatic heterocycles. The van der Waals surface area contributed by atoms with Crippen LogP contribution in [0.5, 0.6) is 0 Å². The van der Waals surface area contributed by atoms with Gasteiger partial charge in [0.05, 0.1) is 52.9 Å². The molecule has 160 valence electrons. The molecule has 0 spiro atoms. The SMILES string of the molecule is CCOC(=O)COCCOCCOCCOCCN(C)C(=O)OC(C)(C)C. The van der Waals surface area contributed by atoms with Gasteiger partial charge in [-0.2, -0.15) is 0 Å². The van der Waals surface area contributed by atoms with E-state index < -0.39 is 5.60 Å². The maximum Gasteiger partial charge on any atom is 0.410 e. The number of nitrogens with zero attached hydrogens (tertiary/aromatic N) is 1. The Hall–Kier alpha value is -1.42. The molecule has 27 heavy (non-hydrogen) atoms. The number of carbonyl (C=O) groups excluding carboxylic acids is 2. The second kappa shape index (κ2) is 15.6. The first-order valence-electron chi connectivity index (χ1n) is 9.17. The molecule has 0 N–H and O–H groups in total. The Morgan fingerprint density at radius 3 is 1.78 bits per heavy atom. The van der Waals surface area contributed by atoms with Crippen LogP contribution < -0.4 is 0 Å². The summed E-state index contributed by atoms with van der Waals surface area (Å²) in [5.74, 6) is -0.377. The molecule has 0 rings (SSSR count). The summed E-state index contributed by atoms with van der Waals surface area (Å²) in [6.45, 7) is 10.8. The Morgan fingerprint density at radius 1 is 0.815 bits per heavy atom. The van der Waals surface area contributed by atoms with E-state index in [-0.39, 0.29) is 18.7 Å². The van der Waals surface area contributed by atoms with Crippen LogP contribution in [-0.2, 0) is 33.2 Å². The van der Waals surface area contributed by atoms with Crippen molar-refractivity contribution in [3.63, 3.8) is 0 Å². The predicted octanol–water partition coefficient (Wildman–Crippen LogP) is 1.48. The summed E-state index contributed by atoms with van der Waals surface area (Å²) < 4.78 is 31.1. The maximum atomic E-state index is 11.7. The number of esters is 1. The quantitative estimate of drug-likeness (QED) is 0.305. The molecule has 0 aromatic carbocycles. The summed E-state index contributed by atoms with van der Waals surface area (Å²) in [6.07, 6.45) is -0.370. The first-order chi connectivity index (χ1) is 12.8. The molecular formula is C18H35NO8. The number of hydrogen-bond donors (Lipinski definition) is 0. The molecule has 0 aliphatic carbocycles. The summed E-state index contributed by atoms with van der Waals surface area (Å²) >= 11 is 0. The molecule has 9 heteroatoms. The number of rotatable bonds is 15. The fourth-order valence-electron chi connectivity index (χ4n) is 1.65. The molecule has 0 bridgehead atoms. The zero-order valence-corrected chi connectivity index (χ0v) is 17.3. The molecule has 0 heterocycles. The van der Waals surface area contributed by atoms with Crippen LogP contribution in [0.25, 0.3) is 0 Å². The number of carbonyl (C=O) groups is 2. The number of hydrogen-bond acceptors (Lipinski definition) is 8. The minimum Gasteiger partial charge on any atom is -0.464 e. The zero-order chi connectivity index (χ0) is 20.5. The van der Waals surface area contributed by atoms with Crippen LogP contribution in [0.1, 0.15) is 27.7 Å². The topological polar surface area (TPSA) is 92.8 Å². The highest BCUT2D eigenvalue weighted by molar-refractivity contribution is 5.70. The van der Waals surface area contributed by atoms with Gasteiger partial charge in [0.25, 0.3) is 0 Å². The van der Waals surface area contributed by atoms with Gasteiger partial charge in [-0.05, 0) is 27.7 Å². The van der Waals surface area contributed by atoms with E-state index in [1.165, 1.54) is 4.90 Å². The average molecular weight is 393 g/mol. The van der Waals surface area contributed by atoms with Crippen molar-refractivity contribution in [3.05, 3.63) is 0 Å². The minimum atomic E-state index is -0.505. The molecule has 9 nitrogen and oxygen atoms in total. The molecule has 0 aromatic rings. The summed E-state index contributed by atoms with van der Waals surface area (Å²) in [6, 6.07) is 0. The molecule has 0 saturated heterocycles. The Bertz CT molecular complexity index is 397. The molecule has 0 atom stereocenters. The van der Waals surface area contributed by atoms with Crippen LogP contribution in [0.4, 0.5) is 4.79 Å². The molecule has 0 radical (unpaired) electrons. The zero-order valence-electron chi connectivity index (χ0n) is 17.3. The largest absolute Gasteiger partial charge is 0.464 e. The van der Waals surface area contributed by atoms with E-state index in [9.17, 15) is 9.59 Å². The smallest absolute Gasteiger partial charge is 0.410 e. The third kappa shape index (κ3) is 17.7. The van der Waals surface area contributed by atoms with Crippen molar-refractivity contribution in [1.82, 2.24) is 4.90 Å². The van der Waals surface area contributed by atoms with Gasteiger partial charge in [0.15, 0.2) is 0 Å². The van der Waals surface area contributed by atoms with Gasteiger partial charge in [-0.1, -0.05) is 0 Å². The lowest BCUT2D eigenvalue weighted by Gasteiger charge is -2.24. The van der Waals surface area contributed by atoms with Crippen LogP contribution in [0, 0.1) is 0 Å². The van der Waals surface area contributed by atoms with Crippen molar-refractivity contribution < 1.29 is 38.0 Å². The average Bonchev–Trinajstić information content (AvgIpc) is 2.57. The maximum absolute atomic E-state index is 11.7. The van der Waals surface area contributed by atoms with Gasteiger partial charge in [0.2, 0.25) is 0 Å². The highest BCUT2D eigenvalue weighted by atomic mass is 16.6. The van der Waals surface area contributed by atoms with Gasteiger partial charge >= 0.3 is 12.1 Å². The molecule has 0 aliphatic rings. The van der Waals surface area contributed by atoms with Crippen LogP contribution in [0.3, 0.4) is 0 Å². The third-order valence-electron chi connectivity index (χ3n) is 2.92. The predicted molar refractivity (Wildman–Crippen MR) is 98.8 cm³/mol. The first-order valence-corrected chi connectivity index (χ1v) is 9.17. The normalized spacial score (nSPS) is 11.3. The Morgan fingerprint density at radius 2 is 1.30 bits per heavy atom. The second-order valence-electron chi connectivity index (χ2n) is 6.60. The Kier molecular flexibility index (Phi) is 14.8. The lowest BCUT2D eigenvalue weighted by Crippen LogP contribution is -2.36. The van der Waals surface area contributed by atoms with Crippen LogP contribution in [-0.4, -0.2) is 95.6 Å². The van der Waals surface area contributed by atoms with E-state index >= 15 is 0 Å². The van der Waals surface area contributed by atoms with E-state index in [0.29, 0.717) is 59.4 Å². The Labute approximate surface area is 162 Å². The van der Waals surface area contributed by atoms with Crippen molar-refractivity contribution in [1.29, 1.82) is 0 Å². The van der Waals surface area contributed by atoms with Crippen molar-refractivity contribution in [3.8, 4) is 0 Å². The minimum absolute atomic E-state index is 0.0614. The molecule has 0 fully saturated rings. The van der Waals surface area contributed by atoms with Gasteiger partial charge in [0, 0.05) is 13.6 Å². The first kappa shape index (κ1) is 25.6. The highest BCUT2D eigenvalue weighted by Gasteiger charge is 2.19. The lowest BCUT2D eigenvalue weighted by molar-refractivity contribution is -0.149. The number of ether oxygens (including phenoxy) is 6. The van der Waals surface area contributed by atoms with Gasteiger partial charge in [-0.15, -0.1) is 0 Å². The summed E-state index contributed by atoms with van der Waals surface area (Å²) in [4.78, 5) is 24.2. The standard InChI is InChI=1S/C18H35NO8/c1-6-26-16(20)15-25-14-13-24-12-11-23-10-9-22-8-7-19(5)17(21)27-18(2,3)4/h6-15H2,1-5H3. The van der Waals surface area contributed by atoms with Gasteiger partial charge in [-0.3, -0.25) is 0 Å². The lowest BCUT2D eigenvalue weighted by atomic mass is 10.2. The Balaban J connectivity index is 3.34. The van der Waals surface area contributed by atoms with Gasteiger partial charge in [-0.25, -0.2) is 9.59 Å². The molecular weight excluding hydrogens is 358 g/mol. The van der Waals surface area contributed by atoms with Gasteiger partial charge in [0.1, 0.15) is 12.2 Å².